The summed E-state index contributed by atoms with van der Waals surface area (Å²) in [6.07, 6.45) is 1.50. The highest BCUT2D eigenvalue weighted by Crippen LogP contribution is 2.31. The first-order valence-electron chi connectivity index (χ1n) is 10.7. The molecule has 1 N–H and O–H groups in total. The fourth-order valence-electron chi connectivity index (χ4n) is 3.20. The van der Waals surface area contributed by atoms with Crippen molar-refractivity contribution in [2.24, 2.45) is 0 Å². The maximum Gasteiger partial charge on any atom is 0.266 e. The average Bonchev–Trinajstić information content (AvgIpc) is 2.83. The molecule has 0 saturated heterocycles. The van der Waals surface area contributed by atoms with Gasteiger partial charge in [-0.05, 0) is 61.4 Å². The number of aryl methyl sites for hydroxylation is 1. The van der Waals surface area contributed by atoms with Crippen LogP contribution in [0.15, 0.2) is 66.2 Å². The minimum absolute atomic E-state index is 0.0595. The van der Waals surface area contributed by atoms with E-state index in [0.29, 0.717) is 40.1 Å². The first-order valence-corrected chi connectivity index (χ1v) is 11.0. The van der Waals surface area contributed by atoms with Crippen molar-refractivity contribution in [1.29, 1.82) is 5.26 Å². The summed E-state index contributed by atoms with van der Waals surface area (Å²) in [5.41, 5.74) is 2.86. The summed E-state index contributed by atoms with van der Waals surface area (Å²) in [4.78, 5) is 12.8. The Morgan fingerprint density at radius 3 is 2.53 bits per heavy atom. The van der Waals surface area contributed by atoms with Gasteiger partial charge in [-0.15, -0.1) is 0 Å². The Bertz CT molecular complexity index is 1250. The molecule has 6 nitrogen and oxygen atoms in total. The van der Waals surface area contributed by atoms with Crippen LogP contribution in [0, 0.1) is 18.3 Å². The van der Waals surface area contributed by atoms with E-state index in [-0.39, 0.29) is 12.2 Å². The van der Waals surface area contributed by atoms with Gasteiger partial charge >= 0.3 is 0 Å². The molecular weight excluding hydrogens is 452 g/mol. The number of carbonyl (C=O) groups is 1. The molecule has 3 aromatic rings. The van der Waals surface area contributed by atoms with Crippen molar-refractivity contribution in [3.8, 4) is 23.3 Å². The Kier molecular flexibility index (Phi) is 8.55. The molecule has 0 spiro atoms. The van der Waals surface area contributed by atoms with Crippen LogP contribution in [0.4, 0.5) is 5.69 Å². The van der Waals surface area contributed by atoms with E-state index >= 15 is 0 Å². The highest BCUT2D eigenvalue weighted by Gasteiger charge is 2.14. The summed E-state index contributed by atoms with van der Waals surface area (Å²) < 4.78 is 16.9. The second-order valence-electron chi connectivity index (χ2n) is 7.35. The van der Waals surface area contributed by atoms with E-state index < -0.39 is 5.91 Å². The van der Waals surface area contributed by atoms with Gasteiger partial charge in [0.1, 0.15) is 24.0 Å². The lowest BCUT2D eigenvalue weighted by atomic mass is 10.1. The zero-order chi connectivity index (χ0) is 24.5. The highest BCUT2D eigenvalue weighted by molar-refractivity contribution is 6.31. The Hall–Kier alpha value is -3.95. The van der Waals surface area contributed by atoms with E-state index in [9.17, 15) is 10.1 Å². The van der Waals surface area contributed by atoms with Gasteiger partial charge in [-0.2, -0.15) is 5.26 Å². The van der Waals surface area contributed by atoms with Crippen LogP contribution >= 0.6 is 11.6 Å². The van der Waals surface area contributed by atoms with Crippen LogP contribution in [0.5, 0.6) is 17.2 Å². The van der Waals surface area contributed by atoms with Gasteiger partial charge in [0.15, 0.2) is 11.5 Å². The summed E-state index contributed by atoms with van der Waals surface area (Å²) in [7, 11) is 1.52. The number of nitrogens with zero attached hydrogens (tertiary/aromatic N) is 1. The van der Waals surface area contributed by atoms with Crippen molar-refractivity contribution >= 4 is 29.3 Å². The van der Waals surface area contributed by atoms with Crippen LogP contribution in [0.3, 0.4) is 0 Å². The predicted octanol–water partition coefficient (Wildman–Crippen LogP) is 6.18. The lowest BCUT2D eigenvalue weighted by Crippen LogP contribution is -2.14. The van der Waals surface area contributed by atoms with Crippen molar-refractivity contribution < 1.29 is 19.0 Å². The maximum atomic E-state index is 12.8. The van der Waals surface area contributed by atoms with Crippen molar-refractivity contribution in [2.75, 3.05) is 19.0 Å². The summed E-state index contributed by atoms with van der Waals surface area (Å²) in [5, 5.41) is 13.0. The van der Waals surface area contributed by atoms with Crippen molar-refractivity contribution in [2.45, 2.75) is 20.5 Å². The van der Waals surface area contributed by atoms with E-state index in [4.69, 9.17) is 25.8 Å². The summed E-state index contributed by atoms with van der Waals surface area (Å²) in [6, 6.07) is 20.0. The quantitative estimate of drug-likeness (QED) is 0.294. The number of nitrogens with one attached hydrogen (secondary N) is 1. The molecule has 3 rings (SSSR count). The first-order chi connectivity index (χ1) is 16.4. The molecular formula is C27H25ClN2O4. The molecule has 0 unspecified atom stereocenters. The minimum atomic E-state index is -0.539. The minimum Gasteiger partial charge on any atom is -0.495 e. The standard InChI is InChI=1S/C27H25ClN2O4/c1-4-33-26-15-19(10-12-25(26)34-17-20-7-5-6-8-22(20)28)14-21(16-29)27(31)30-23-13-18(2)9-11-24(23)32-3/h5-15H,4,17H2,1-3H3,(H,30,31)/b21-14+. The van der Waals surface area contributed by atoms with Gasteiger partial charge in [0.25, 0.3) is 5.91 Å². The van der Waals surface area contributed by atoms with Crippen LogP contribution in [0.1, 0.15) is 23.6 Å². The topological polar surface area (TPSA) is 80.6 Å². The number of anilines is 1. The number of amides is 1. The van der Waals surface area contributed by atoms with Gasteiger partial charge in [0.2, 0.25) is 0 Å². The number of rotatable bonds is 9. The van der Waals surface area contributed by atoms with Gasteiger partial charge in [-0.3, -0.25) is 4.79 Å². The molecule has 0 aromatic heterocycles. The van der Waals surface area contributed by atoms with E-state index in [1.54, 1.807) is 36.4 Å². The second-order valence-corrected chi connectivity index (χ2v) is 7.75. The molecule has 3 aromatic carbocycles. The SMILES string of the molecule is CCOc1cc(/C=C(\C#N)C(=O)Nc2cc(C)ccc2OC)ccc1OCc1ccccc1Cl. The maximum absolute atomic E-state index is 12.8. The number of methoxy groups -OCH3 is 1. The van der Waals surface area contributed by atoms with Gasteiger partial charge in [-0.25, -0.2) is 0 Å². The molecule has 1 amide bonds. The molecule has 174 valence electrons. The Morgan fingerprint density at radius 2 is 1.82 bits per heavy atom. The lowest BCUT2D eigenvalue weighted by molar-refractivity contribution is -0.112. The molecule has 34 heavy (non-hydrogen) atoms. The number of nitriles is 1. The molecule has 0 radical (unpaired) electrons. The molecule has 0 aliphatic carbocycles. The van der Waals surface area contributed by atoms with Gasteiger partial charge < -0.3 is 19.5 Å². The monoisotopic (exact) mass is 476 g/mol. The van der Waals surface area contributed by atoms with Crippen LogP contribution in [-0.2, 0) is 11.4 Å². The molecule has 7 heteroatoms. The normalized spacial score (nSPS) is 10.9. The average molecular weight is 477 g/mol. The van der Waals surface area contributed by atoms with E-state index in [0.717, 1.165) is 11.1 Å². The number of hydrogen-bond donors (Lipinski definition) is 1. The fraction of sp³-hybridized carbons (Fsp3) is 0.185. The summed E-state index contributed by atoms with van der Waals surface area (Å²) in [5.74, 6) is 1.01. The van der Waals surface area contributed by atoms with Crippen molar-refractivity contribution in [3.63, 3.8) is 0 Å². The Balaban J connectivity index is 1.82. The third-order valence-corrected chi connectivity index (χ3v) is 5.26. The Morgan fingerprint density at radius 1 is 1.06 bits per heavy atom. The zero-order valence-corrected chi connectivity index (χ0v) is 20.0. The highest BCUT2D eigenvalue weighted by atomic mass is 35.5. The number of ether oxygens (including phenoxy) is 3. The fourth-order valence-corrected chi connectivity index (χ4v) is 3.39. The van der Waals surface area contributed by atoms with E-state index in [1.165, 1.54) is 13.2 Å². The van der Waals surface area contributed by atoms with E-state index in [2.05, 4.69) is 5.32 Å². The van der Waals surface area contributed by atoms with E-state index in [1.807, 2.05) is 44.2 Å². The molecule has 0 fully saturated rings. The molecule has 0 atom stereocenters. The molecule has 0 bridgehead atoms. The largest absolute Gasteiger partial charge is 0.495 e. The third-order valence-electron chi connectivity index (χ3n) is 4.89. The predicted molar refractivity (Wildman–Crippen MR) is 133 cm³/mol. The zero-order valence-electron chi connectivity index (χ0n) is 19.2. The van der Waals surface area contributed by atoms with Crippen LogP contribution in [-0.4, -0.2) is 19.6 Å². The van der Waals surface area contributed by atoms with Gasteiger partial charge in [0, 0.05) is 10.6 Å². The number of benzene rings is 3. The smallest absolute Gasteiger partial charge is 0.266 e. The van der Waals surface area contributed by atoms with Crippen LogP contribution in [0.25, 0.3) is 6.08 Å². The summed E-state index contributed by atoms with van der Waals surface area (Å²) >= 11 is 6.21. The molecule has 0 heterocycles. The Labute approximate surface area is 204 Å². The second kappa shape index (κ2) is 11.8. The molecule has 0 aliphatic heterocycles. The molecule has 0 saturated carbocycles. The summed E-state index contributed by atoms with van der Waals surface area (Å²) in [6.45, 7) is 4.47. The first kappa shape index (κ1) is 24.7. The van der Waals surface area contributed by atoms with Crippen molar-refractivity contribution in [1.82, 2.24) is 0 Å². The number of halogens is 1. The lowest BCUT2D eigenvalue weighted by Gasteiger charge is -2.13. The number of hydrogen-bond acceptors (Lipinski definition) is 5. The van der Waals surface area contributed by atoms with Gasteiger partial charge in [0.05, 0.1) is 19.4 Å². The van der Waals surface area contributed by atoms with Crippen LogP contribution < -0.4 is 19.5 Å². The third kappa shape index (κ3) is 6.31. The number of carbonyl (C=O) groups excluding carboxylic acids is 1. The van der Waals surface area contributed by atoms with Gasteiger partial charge in [-0.1, -0.05) is 41.9 Å². The van der Waals surface area contributed by atoms with Crippen molar-refractivity contribution in [3.05, 3.63) is 87.9 Å². The van der Waals surface area contributed by atoms with Crippen LogP contribution in [0.2, 0.25) is 5.02 Å². The molecule has 0 aliphatic rings.